The lowest BCUT2D eigenvalue weighted by Gasteiger charge is -2.13. The standard InChI is InChI=1S/C14H24N4O2/c1-14(2,3)11-8-16-12(20-11)9-18-13(15)17-7-10-5-4-6-19-10/h8,10H,4-7,9H2,1-3H3,(H3,15,17,18). The zero-order valence-electron chi connectivity index (χ0n) is 12.5. The van der Waals surface area contributed by atoms with Gasteiger partial charge in [0.25, 0.3) is 0 Å². The summed E-state index contributed by atoms with van der Waals surface area (Å²) < 4.78 is 11.2. The molecule has 1 aromatic heterocycles. The molecule has 1 aromatic rings. The van der Waals surface area contributed by atoms with E-state index in [9.17, 15) is 0 Å². The molecule has 3 N–H and O–H groups in total. The van der Waals surface area contributed by atoms with Crippen molar-refractivity contribution in [3.05, 3.63) is 17.8 Å². The maximum atomic E-state index is 5.81. The minimum absolute atomic E-state index is 0.0431. The summed E-state index contributed by atoms with van der Waals surface area (Å²) in [6.45, 7) is 8.14. The van der Waals surface area contributed by atoms with Crippen LogP contribution in [0.5, 0.6) is 0 Å². The van der Waals surface area contributed by atoms with Crippen LogP contribution >= 0.6 is 0 Å². The third-order valence-corrected chi connectivity index (χ3v) is 3.21. The fourth-order valence-electron chi connectivity index (χ4n) is 1.96. The molecule has 6 heteroatoms. The van der Waals surface area contributed by atoms with Crippen LogP contribution in [0.15, 0.2) is 15.6 Å². The van der Waals surface area contributed by atoms with Gasteiger partial charge in [0, 0.05) is 18.6 Å². The molecule has 0 aliphatic carbocycles. The van der Waals surface area contributed by atoms with Crippen LogP contribution in [0.4, 0.5) is 0 Å². The average Bonchev–Trinajstić information content (AvgIpc) is 3.04. The maximum absolute atomic E-state index is 5.81. The van der Waals surface area contributed by atoms with E-state index >= 15 is 0 Å². The van der Waals surface area contributed by atoms with Gasteiger partial charge in [0.1, 0.15) is 12.3 Å². The topological polar surface area (TPSA) is 85.7 Å². The minimum atomic E-state index is -0.0431. The Morgan fingerprint density at radius 1 is 1.55 bits per heavy atom. The van der Waals surface area contributed by atoms with Crippen molar-refractivity contribution >= 4 is 5.96 Å². The monoisotopic (exact) mass is 280 g/mol. The van der Waals surface area contributed by atoms with Crippen LogP contribution in [0, 0.1) is 0 Å². The second-order valence-corrected chi connectivity index (χ2v) is 6.09. The van der Waals surface area contributed by atoms with Crippen LogP contribution in [-0.2, 0) is 16.7 Å². The lowest BCUT2D eigenvalue weighted by Crippen LogP contribution is -2.37. The van der Waals surface area contributed by atoms with Gasteiger partial charge in [0.15, 0.2) is 5.96 Å². The van der Waals surface area contributed by atoms with Crippen LogP contribution in [0.1, 0.15) is 45.3 Å². The number of nitrogens with zero attached hydrogens (tertiary/aromatic N) is 2. The number of aliphatic imine (C=N–C) groups is 1. The van der Waals surface area contributed by atoms with Gasteiger partial charge >= 0.3 is 0 Å². The second kappa shape index (κ2) is 6.26. The molecule has 2 heterocycles. The van der Waals surface area contributed by atoms with Crippen molar-refractivity contribution in [2.45, 2.75) is 51.7 Å². The fourth-order valence-corrected chi connectivity index (χ4v) is 1.96. The van der Waals surface area contributed by atoms with Gasteiger partial charge in [-0.25, -0.2) is 9.98 Å². The molecule has 0 aromatic carbocycles. The summed E-state index contributed by atoms with van der Waals surface area (Å²) >= 11 is 0. The summed E-state index contributed by atoms with van der Waals surface area (Å²) in [5.41, 5.74) is 5.76. The van der Waals surface area contributed by atoms with Gasteiger partial charge in [0.05, 0.1) is 12.3 Å². The van der Waals surface area contributed by atoms with E-state index in [-0.39, 0.29) is 11.5 Å². The molecule has 0 radical (unpaired) electrons. The van der Waals surface area contributed by atoms with E-state index < -0.39 is 0 Å². The van der Waals surface area contributed by atoms with Crippen molar-refractivity contribution in [3.63, 3.8) is 0 Å². The van der Waals surface area contributed by atoms with E-state index in [1.807, 2.05) is 0 Å². The highest BCUT2D eigenvalue weighted by Gasteiger charge is 2.19. The smallest absolute Gasteiger partial charge is 0.216 e. The number of hydrogen-bond acceptors (Lipinski definition) is 4. The van der Waals surface area contributed by atoms with Crippen molar-refractivity contribution in [1.29, 1.82) is 0 Å². The van der Waals surface area contributed by atoms with Crippen LogP contribution < -0.4 is 11.1 Å². The predicted octanol–water partition coefficient (Wildman–Crippen LogP) is 1.56. The Morgan fingerprint density at radius 2 is 2.35 bits per heavy atom. The molecule has 2 rings (SSSR count). The van der Waals surface area contributed by atoms with E-state index in [1.165, 1.54) is 0 Å². The Hall–Kier alpha value is -1.56. The van der Waals surface area contributed by atoms with E-state index in [0.717, 1.165) is 25.2 Å². The number of nitrogens with one attached hydrogen (secondary N) is 1. The summed E-state index contributed by atoms with van der Waals surface area (Å²) in [6.07, 6.45) is 4.20. The Balaban J connectivity index is 1.80. The largest absolute Gasteiger partial charge is 0.443 e. The zero-order chi connectivity index (χ0) is 14.6. The van der Waals surface area contributed by atoms with Crippen molar-refractivity contribution < 1.29 is 9.15 Å². The summed E-state index contributed by atoms with van der Waals surface area (Å²) in [5.74, 6) is 1.83. The van der Waals surface area contributed by atoms with Gasteiger partial charge < -0.3 is 20.2 Å². The van der Waals surface area contributed by atoms with Crippen molar-refractivity contribution in [2.24, 2.45) is 10.7 Å². The number of ether oxygens (including phenoxy) is 1. The third kappa shape index (κ3) is 4.23. The molecule has 1 atom stereocenters. The first-order valence-electron chi connectivity index (χ1n) is 7.06. The SMILES string of the molecule is CC(C)(C)c1cnc(CN=C(N)NCC2CCCO2)o1. The Morgan fingerprint density at radius 3 is 2.95 bits per heavy atom. The van der Waals surface area contributed by atoms with E-state index in [4.69, 9.17) is 14.9 Å². The van der Waals surface area contributed by atoms with Gasteiger partial charge in [-0.15, -0.1) is 0 Å². The van der Waals surface area contributed by atoms with Crippen LogP contribution in [0.3, 0.4) is 0 Å². The Labute approximate surface area is 119 Å². The first kappa shape index (κ1) is 14.8. The lowest BCUT2D eigenvalue weighted by atomic mass is 9.94. The van der Waals surface area contributed by atoms with Gasteiger partial charge in [0.2, 0.25) is 5.89 Å². The van der Waals surface area contributed by atoms with Gasteiger partial charge in [-0.1, -0.05) is 20.8 Å². The molecule has 6 nitrogen and oxygen atoms in total. The molecule has 112 valence electrons. The van der Waals surface area contributed by atoms with Gasteiger partial charge in [-0.2, -0.15) is 0 Å². The zero-order valence-corrected chi connectivity index (χ0v) is 12.5. The highest BCUT2D eigenvalue weighted by molar-refractivity contribution is 5.77. The van der Waals surface area contributed by atoms with Crippen molar-refractivity contribution in [3.8, 4) is 0 Å². The number of aromatic nitrogens is 1. The van der Waals surface area contributed by atoms with Crippen LogP contribution in [0.2, 0.25) is 0 Å². The molecule has 1 aliphatic rings. The number of guanidine groups is 1. The molecular weight excluding hydrogens is 256 g/mol. The molecule has 1 unspecified atom stereocenters. The normalized spacial score (nSPS) is 20.4. The summed E-state index contributed by atoms with van der Waals surface area (Å²) in [6, 6.07) is 0. The highest BCUT2D eigenvalue weighted by atomic mass is 16.5. The summed E-state index contributed by atoms with van der Waals surface area (Å²) in [5, 5.41) is 3.07. The van der Waals surface area contributed by atoms with Gasteiger partial charge in [-0.3, -0.25) is 0 Å². The van der Waals surface area contributed by atoms with E-state index in [1.54, 1.807) is 6.20 Å². The van der Waals surface area contributed by atoms with Crippen LogP contribution in [0.25, 0.3) is 0 Å². The molecule has 1 aliphatic heterocycles. The first-order valence-corrected chi connectivity index (χ1v) is 7.06. The molecular formula is C14H24N4O2. The van der Waals surface area contributed by atoms with E-state index in [0.29, 0.717) is 24.9 Å². The van der Waals surface area contributed by atoms with E-state index in [2.05, 4.69) is 36.1 Å². The number of rotatable bonds is 4. The summed E-state index contributed by atoms with van der Waals surface area (Å²) in [4.78, 5) is 8.43. The minimum Gasteiger partial charge on any atom is -0.443 e. The second-order valence-electron chi connectivity index (χ2n) is 6.09. The molecule has 0 saturated carbocycles. The molecule has 20 heavy (non-hydrogen) atoms. The van der Waals surface area contributed by atoms with Crippen molar-refractivity contribution in [2.75, 3.05) is 13.2 Å². The van der Waals surface area contributed by atoms with Crippen LogP contribution in [-0.4, -0.2) is 30.2 Å². The fraction of sp³-hybridized carbons (Fsp3) is 0.714. The highest BCUT2D eigenvalue weighted by Crippen LogP contribution is 2.22. The summed E-state index contributed by atoms with van der Waals surface area (Å²) in [7, 11) is 0. The Kier molecular flexibility index (Phi) is 4.65. The number of hydrogen-bond donors (Lipinski definition) is 2. The third-order valence-electron chi connectivity index (χ3n) is 3.21. The quantitative estimate of drug-likeness (QED) is 0.645. The predicted molar refractivity (Wildman–Crippen MR) is 77.5 cm³/mol. The number of oxazole rings is 1. The first-order chi connectivity index (χ1) is 9.45. The Bertz CT molecular complexity index is 456. The number of nitrogens with two attached hydrogens (primary N) is 1. The lowest BCUT2D eigenvalue weighted by molar-refractivity contribution is 0.114. The molecule has 1 saturated heterocycles. The molecule has 0 amide bonds. The maximum Gasteiger partial charge on any atom is 0.216 e. The van der Waals surface area contributed by atoms with Crippen molar-refractivity contribution in [1.82, 2.24) is 10.3 Å². The molecule has 1 fully saturated rings. The molecule has 0 spiro atoms. The molecule has 0 bridgehead atoms. The average molecular weight is 280 g/mol. The van der Waals surface area contributed by atoms with Gasteiger partial charge in [-0.05, 0) is 12.8 Å².